The van der Waals surface area contributed by atoms with Crippen molar-refractivity contribution in [3.63, 3.8) is 0 Å². The first kappa shape index (κ1) is 20.8. The molecule has 1 fully saturated rings. The number of nitrogens with zero attached hydrogens (tertiary/aromatic N) is 1. The Labute approximate surface area is 159 Å². The van der Waals surface area contributed by atoms with E-state index in [0.717, 1.165) is 12.8 Å². The number of nitrogens with one attached hydrogen (secondary N) is 2. The summed E-state index contributed by atoms with van der Waals surface area (Å²) in [4.78, 5) is 24.8. The summed E-state index contributed by atoms with van der Waals surface area (Å²) >= 11 is 0. The maximum absolute atomic E-state index is 12.0. The van der Waals surface area contributed by atoms with E-state index in [4.69, 9.17) is 14.6 Å². The van der Waals surface area contributed by atoms with Crippen LogP contribution in [0.5, 0.6) is 11.5 Å². The van der Waals surface area contributed by atoms with Crippen molar-refractivity contribution in [2.75, 3.05) is 26.7 Å². The number of para-hydroxylation sites is 2. The molecule has 2 rings (SSSR count). The largest absolute Gasteiger partial charge is 0.493 e. The van der Waals surface area contributed by atoms with Gasteiger partial charge >= 0.3 is 12.0 Å². The Morgan fingerprint density at radius 1 is 1.30 bits per heavy atom. The summed E-state index contributed by atoms with van der Waals surface area (Å²) in [7, 11) is 1.58. The van der Waals surface area contributed by atoms with E-state index in [1.54, 1.807) is 7.11 Å². The number of carbonyl (C=O) groups excluding carboxylic acids is 1. The molecule has 8 heteroatoms. The van der Waals surface area contributed by atoms with Crippen molar-refractivity contribution < 1.29 is 24.2 Å². The molecule has 1 aromatic carbocycles. The average molecular weight is 379 g/mol. The first-order valence-corrected chi connectivity index (χ1v) is 9.22. The number of rotatable bonds is 10. The third-order valence-electron chi connectivity index (χ3n) is 4.66. The van der Waals surface area contributed by atoms with Crippen LogP contribution in [0.2, 0.25) is 0 Å². The first-order valence-electron chi connectivity index (χ1n) is 9.22. The van der Waals surface area contributed by atoms with Crippen molar-refractivity contribution in [2.24, 2.45) is 0 Å². The Hall–Kier alpha value is -2.48. The lowest BCUT2D eigenvalue weighted by molar-refractivity contribution is -0.139. The second-order valence-corrected chi connectivity index (χ2v) is 6.71. The molecule has 0 radical (unpaired) electrons. The van der Waals surface area contributed by atoms with E-state index in [1.165, 1.54) is 0 Å². The lowest BCUT2D eigenvalue weighted by atomic mass is 9.85. The summed E-state index contributed by atoms with van der Waals surface area (Å²) in [5.74, 6) is 0.459. The number of carbonyl (C=O) groups is 2. The number of carboxylic acids is 1. The molecule has 2 amide bonds. The highest BCUT2D eigenvalue weighted by atomic mass is 16.5. The third-order valence-corrected chi connectivity index (χ3v) is 4.66. The highest BCUT2D eigenvalue weighted by Gasteiger charge is 2.34. The molecule has 1 saturated carbocycles. The minimum absolute atomic E-state index is 0.0396. The molecule has 3 N–H and O–H groups in total. The van der Waals surface area contributed by atoms with Gasteiger partial charge in [-0.05, 0) is 38.4 Å². The summed E-state index contributed by atoms with van der Waals surface area (Å²) in [6.07, 6.45) is 1.32. The van der Waals surface area contributed by atoms with Crippen LogP contribution in [0.4, 0.5) is 4.79 Å². The van der Waals surface area contributed by atoms with E-state index < -0.39 is 5.97 Å². The van der Waals surface area contributed by atoms with Crippen LogP contribution in [-0.2, 0) is 4.79 Å². The van der Waals surface area contributed by atoms with Gasteiger partial charge in [-0.2, -0.15) is 0 Å². The summed E-state index contributed by atoms with van der Waals surface area (Å²) < 4.78 is 11.0. The number of ether oxygens (including phenoxy) is 2. The Morgan fingerprint density at radius 3 is 2.56 bits per heavy atom. The highest BCUT2D eigenvalue weighted by molar-refractivity contribution is 5.74. The molecule has 1 aliphatic carbocycles. The van der Waals surface area contributed by atoms with Gasteiger partial charge in [0.15, 0.2) is 11.5 Å². The molecule has 1 aromatic rings. The van der Waals surface area contributed by atoms with Crippen molar-refractivity contribution in [3.8, 4) is 11.5 Å². The van der Waals surface area contributed by atoms with E-state index in [0.29, 0.717) is 24.6 Å². The number of amides is 2. The van der Waals surface area contributed by atoms with Crippen LogP contribution >= 0.6 is 0 Å². The van der Waals surface area contributed by atoms with Crippen LogP contribution in [0.1, 0.15) is 26.7 Å². The minimum atomic E-state index is -0.824. The molecule has 8 nitrogen and oxygen atoms in total. The number of aliphatic carboxylic acids is 1. The molecule has 1 unspecified atom stereocenters. The number of methoxy groups -OCH3 is 1. The first-order chi connectivity index (χ1) is 12.9. The zero-order valence-corrected chi connectivity index (χ0v) is 16.1. The lowest BCUT2D eigenvalue weighted by Crippen LogP contribution is -2.56. The lowest BCUT2D eigenvalue weighted by Gasteiger charge is -2.42. The molecule has 0 aliphatic heterocycles. The normalized spacial score (nSPS) is 19.7. The van der Waals surface area contributed by atoms with Gasteiger partial charge in [-0.1, -0.05) is 19.1 Å². The molecule has 1 atom stereocenters. The van der Waals surface area contributed by atoms with Crippen LogP contribution in [0, 0.1) is 0 Å². The molecule has 27 heavy (non-hydrogen) atoms. The average Bonchev–Trinajstić information content (AvgIpc) is 2.61. The molecular formula is C19H29N3O5. The van der Waals surface area contributed by atoms with Crippen LogP contribution in [0.25, 0.3) is 0 Å². The molecule has 0 saturated heterocycles. The van der Waals surface area contributed by atoms with Gasteiger partial charge in [0.1, 0.15) is 6.10 Å². The zero-order valence-electron chi connectivity index (χ0n) is 16.1. The maximum Gasteiger partial charge on any atom is 0.317 e. The number of likely N-dealkylation sites (N-methyl/N-ethyl adjacent to an activating group) is 1. The van der Waals surface area contributed by atoms with Gasteiger partial charge in [-0.25, -0.2) is 4.79 Å². The number of hydrogen-bond acceptors (Lipinski definition) is 5. The van der Waals surface area contributed by atoms with Crippen molar-refractivity contribution in [1.29, 1.82) is 0 Å². The number of benzene rings is 1. The Kier molecular flexibility index (Phi) is 7.72. The van der Waals surface area contributed by atoms with Crippen molar-refractivity contribution in [2.45, 2.75) is 44.9 Å². The second kappa shape index (κ2) is 10.0. The fraction of sp³-hybridized carbons (Fsp3) is 0.579. The van der Waals surface area contributed by atoms with Crippen LogP contribution in [0.15, 0.2) is 24.3 Å². The van der Waals surface area contributed by atoms with Gasteiger partial charge in [0.2, 0.25) is 0 Å². The van der Waals surface area contributed by atoms with Gasteiger partial charge in [0.05, 0.1) is 20.2 Å². The van der Waals surface area contributed by atoms with Gasteiger partial charge in [-0.3, -0.25) is 9.69 Å². The Balaban J connectivity index is 1.67. The topological polar surface area (TPSA) is 100 Å². The molecule has 150 valence electrons. The molecule has 1 aliphatic rings. The Bertz CT molecular complexity index is 634. The van der Waals surface area contributed by atoms with E-state index in [9.17, 15) is 9.59 Å². The summed E-state index contributed by atoms with van der Waals surface area (Å²) in [6, 6.07) is 7.41. The number of carboxylic acid groups (broad SMARTS) is 1. The predicted octanol–water partition coefficient (Wildman–Crippen LogP) is 1.70. The van der Waals surface area contributed by atoms with Gasteiger partial charge in [0.25, 0.3) is 0 Å². The molecule has 0 bridgehead atoms. The maximum atomic E-state index is 12.0. The minimum Gasteiger partial charge on any atom is -0.493 e. The SMILES string of the molecule is CCN(CC(=O)O)C1CC(NC(=O)NCC(C)Oc2ccccc2OC)C1. The molecule has 0 aromatic heterocycles. The summed E-state index contributed by atoms with van der Waals surface area (Å²) in [5.41, 5.74) is 0. The molecule has 0 spiro atoms. The Morgan fingerprint density at radius 2 is 1.96 bits per heavy atom. The third kappa shape index (κ3) is 6.32. The van der Waals surface area contributed by atoms with Gasteiger partial charge in [0, 0.05) is 12.1 Å². The van der Waals surface area contributed by atoms with Crippen LogP contribution in [0.3, 0.4) is 0 Å². The fourth-order valence-corrected chi connectivity index (χ4v) is 3.12. The summed E-state index contributed by atoms with van der Waals surface area (Å²) in [6.45, 7) is 4.91. The smallest absolute Gasteiger partial charge is 0.317 e. The van der Waals surface area contributed by atoms with Gasteiger partial charge < -0.3 is 25.2 Å². The zero-order chi connectivity index (χ0) is 19.8. The molecular weight excluding hydrogens is 350 g/mol. The monoisotopic (exact) mass is 379 g/mol. The standard InChI is InChI=1S/C19H29N3O5/c1-4-22(12-18(23)24)15-9-14(10-15)21-19(25)20-11-13(2)27-17-8-6-5-7-16(17)26-3/h5-8,13-15H,4,9-12H2,1-3H3,(H,23,24)(H2,20,21,25). The predicted molar refractivity (Wildman–Crippen MR) is 101 cm³/mol. The van der Waals surface area contributed by atoms with Crippen LogP contribution in [-0.4, -0.2) is 66.9 Å². The highest BCUT2D eigenvalue weighted by Crippen LogP contribution is 2.27. The van der Waals surface area contributed by atoms with E-state index in [-0.39, 0.29) is 30.8 Å². The van der Waals surface area contributed by atoms with E-state index in [2.05, 4.69) is 10.6 Å². The van der Waals surface area contributed by atoms with E-state index >= 15 is 0 Å². The molecule has 0 heterocycles. The van der Waals surface area contributed by atoms with Crippen molar-refractivity contribution >= 4 is 12.0 Å². The van der Waals surface area contributed by atoms with E-state index in [1.807, 2.05) is 43.0 Å². The summed E-state index contributed by atoms with van der Waals surface area (Å²) in [5, 5.41) is 14.6. The van der Waals surface area contributed by atoms with Crippen molar-refractivity contribution in [1.82, 2.24) is 15.5 Å². The second-order valence-electron chi connectivity index (χ2n) is 6.71. The number of urea groups is 1. The quantitative estimate of drug-likeness (QED) is 0.572. The number of hydrogen-bond donors (Lipinski definition) is 3. The van der Waals surface area contributed by atoms with Gasteiger partial charge in [-0.15, -0.1) is 0 Å². The fourth-order valence-electron chi connectivity index (χ4n) is 3.12. The van der Waals surface area contributed by atoms with Crippen LogP contribution < -0.4 is 20.1 Å². The van der Waals surface area contributed by atoms with Crippen molar-refractivity contribution in [3.05, 3.63) is 24.3 Å².